The molecular weight excluding hydrogens is 418 g/mol. The summed E-state index contributed by atoms with van der Waals surface area (Å²) in [6.45, 7) is 6.66. The first-order valence-corrected chi connectivity index (χ1v) is 11.0. The first kappa shape index (κ1) is 21.6. The molecule has 0 atom stereocenters. The highest BCUT2D eigenvalue weighted by atomic mass is 32.2. The van der Waals surface area contributed by atoms with E-state index in [1.165, 1.54) is 17.3 Å². The number of aryl methyl sites for hydroxylation is 1. The van der Waals surface area contributed by atoms with E-state index in [0.29, 0.717) is 29.0 Å². The van der Waals surface area contributed by atoms with Gasteiger partial charge in [0.15, 0.2) is 11.0 Å². The second-order valence-electron chi connectivity index (χ2n) is 7.21. The minimum absolute atomic E-state index is 0.113. The number of carbonyl (C=O) groups excluding carboxylic acids is 1. The van der Waals surface area contributed by atoms with Crippen molar-refractivity contribution < 1.29 is 9.53 Å². The van der Waals surface area contributed by atoms with Crippen molar-refractivity contribution in [3.63, 3.8) is 0 Å². The molecule has 1 aliphatic heterocycles. The van der Waals surface area contributed by atoms with Gasteiger partial charge in [-0.1, -0.05) is 60.2 Å². The Morgan fingerprint density at radius 3 is 2.62 bits per heavy atom. The number of hydrogen-bond donors (Lipinski definition) is 0. The number of para-hydroxylation sites is 1. The molecule has 3 aromatic rings. The zero-order valence-corrected chi connectivity index (χ0v) is 18.6. The van der Waals surface area contributed by atoms with Gasteiger partial charge in [-0.25, -0.2) is 9.98 Å². The maximum absolute atomic E-state index is 13.1. The highest BCUT2D eigenvalue weighted by Gasteiger charge is 2.32. The molecular formula is C26H23N3O2S. The van der Waals surface area contributed by atoms with Crippen LogP contribution in [0.1, 0.15) is 16.7 Å². The fourth-order valence-electron chi connectivity index (χ4n) is 3.12. The van der Waals surface area contributed by atoms with E-state index in [1.807, 2.05) is 42.5 Å². The molecule has 160 valence electrons. The number of amides is 1. The largest absolute Gasteiger partial charge is 0.488 e. The zero-order chi connectivity index (χ0) is 22.3. The van der Waals surface area contributed by atoms with Gasteiger partial charge in [-0.2, -0.15) is 0 Å². The van der Waals surface area contributed by atoms with Crippen LogP contribution in [-0.2, 0) is 11.4 Å². The molecule has 0 bridgehead atoms. The molecule has 1 aromatic heterocycles. The van der Waals surface area contributed by atoms with E-state index in [4.69, 9.17) is 4.74 Å². The number of benzene rings is 2. The lowest BCUT2D eigenvalue weighted by atomic mass is 10.1. The molecule has 2 heterocycles. The van der Waals surface area contributed by atoms with Crippen LogP contribution in [0.5, 0.6) is 5.75 Å². The van der Waals surface area contributed by atoms with Crippen molar-refractivity contribution in [2.24, 2.45) is 4.99 Å². The number of nitrogens with zero attached hydrogens (tertiary/aromatic N) is 3. The van der Waals surface area contributed by atoms with Crippen molar-refractivity contribution in [1.82, 2.24) is 9.88 Å². The van der Waals surface area contributed by atoms with Gasteiger partial charge in [0, 0.05) is 18.3 Å². The predicted molar refractivity (Wildman–Crippen MR) is 131 cm³/mol. The minimum atomic E-state index is -0.113. The molecule has 6 heteroatoms. The number of rotatable bonds is 7. The molecule has 0 unspecified atom stereocenters. The van der Waals surface area contributed by atoms with Gasteiger partial charge in [-0.3, -0.25) is 9.69 Å². The summed E-state index contributed by atoms with van der Waals surface area (Å²) in [5.41, 5.74) is 3.14. The van der Waals surface area contributed by atoms with Gasteiger partial charge in [0.05, 0.1) is 4.91 Å². The van der Waals surface area contributed by atoms with Crippen LogP contribution in [0.2, 0.25) is 0 Å². The molecule has 1 fully saturated rings. The molecule has 1 amide bonds. The number of pyridine rings is 1. The summed E-state index contributed by atoms with van der Waals surface area (Å²) in [5.74, 6) is 1.16. The summed E-state index contributed by atoms with van der Waals surface area (Å²) >= 11 is 1.33. The van der Waals surface area contributed by atoms with E-state index in [2.05, 4.69) is 47.7 Å². The molecule has 4 rings (SSSR count). The maximum Gasteiger partial charge on any atom is 0.267 e. The number of carbonyl (C=O) groups is 1. The molecule has 1 saturated heterocycles. The number of aliphatic imine (C=N–C) groups is 1. The Hall–Kier alpha value is -3.64. The van der Waals surface area contributed by atoms with E-state index in [1.54, 1.807) is 23.2 Å². The van der Waals surface area contributed by atoms with Crippen LogP contribution in [0.3, 0.4) is 0 Å². The van der Waals surface area contributed by atoms with Crippen LogP contribution >= 0.6 is 11.8 Å². The predicted octanol–water partition coefficient (Wildman–Crippen LogP) is 5.76. The Morgan fingerprint density at radius 1 is 1.09 bits per heavy atom. The minimum Gasteiger partial charge on any atom is -0.488 e. The van der Waals surface area contributed by atoms with Gasteiger partial charge in [-0.05, 0) is 48.5 Å². The van der Waals surface area contributed by atoms with E-state index in [-0.39, 0.29) is 5.91 Å². The van der Waals surface area contributed by atoms with Gasteiger partial charge in [0.1, 0.15) is 12.4 Å². The van der Waals surface area contributed by atoms with Gasteiger partial charge in [0.25, 0.3) is 5.91 Å². The molecule has 5 nitrogen and oxygen atoms in total. The molecule has 0 aliphatic carbocycles. The van der Waals surface area contributed by atoms with Crippen LogP contribution in [0, 0.1) is 6.92 Å². The van der Waals surface area contributed by atoms with Crippen molar-refractivity contribution in [1.29, 1.82) is 0 Å². The molecule has 1 aliphatic rings. The summed E-state index contributed by atoms with van der Waals surface area (Å²) in [6, 6.07) is 21.5. The average molecular weight is 442 g/mol. The lowest BCUT2D eigenvalue weighted by molar-refractivity contribution is -0.121. The quantitative estimate of drug-likeness (QED) is 0.346. The third-order valence-corrected chi connectivity index (χ3v) is 5.79. The lowest BCUT2D eigenvalue weighted by Gasteiger charge is -2.12. The van der Waals surface area contributed by atoms with Crippen molar-refractivity contribution in [3.8, 4) is 5.75 Å². The molecule has 0 saturated carbocycles. The zero-order valence-electron chi connectivity index (χ0n) is 17.8. The van der Waals surface area contributed by atoms with Crippen LogP contribution in [0.25, 0.3) is 6.08 Å². The average Bonchev–Trinajstić information content (AvgIpc) is 3.09. The summed E-state index contributed by atoms with van der Waals surface area (Å²) in [6.07, 6.45) is 5.22. The van der Waals surface area contributed by atoms with Crippen molar-refractivity contribution in [3.05, 3.63) is 107 Å². The van der Waals surface area contributed by atoms with E-state index < -0.39 is 0 Å². The Balaban J connectivity index is 1.59. The summed E-state index contributed by atoms with van der Waals surface area (Å²) < 4.78 is 6.07. The highest BCUT2D eigenvalue weighted by molar-refractivity contribution is 8.18. The maximum atomic E-state index is 13.1. The van der Waals surface area contributed by atoms with Crippen molar-refractivity contribution in [2.75, 3.05) is 6.54 Å². The second kappa shape index (κ2) is 10.1. The monoisotopic (exact) mass is 441 g/mol. The Morgan fingerprint density at radius 2 is 1.88 bits per heavy atom. The van der Waals surface area contributed by atoms with E-state index >= 15 is 0 Å². The number of hydrogen-bond acceptors (Lipinski definition) is 5. The number of thioether (sulfide) groups is 1. The summed E-state index contributed by atoms with van der Waals surface area (Å²) in [5, 5.41) is 0.581. The van der Waals surface area contributed by atoms with E-state index in [9.17, 15) is 4.79 Å². The lowest BCUT2D eigenvalue weighted by Crippen LogP contribution is -2.29. The topological polar surface area (TPSA) is 54.8 Å². The number of amidine groups is 1. The third kappa shape index (κ3) is 5.15. The van der Waals surface area contributed by atoms with Gasteiger partial charge in [0.2, 0.25) is 0 Å². The molecule has 32 heavy (non-hydrogen) atoms. The first-order chi connectivity index (χ1) is 15.6. The van der Waals surface area contributed by atoms with Gasteiger partial charge in [-0.15, -0.1) is 6.58 Å². The van der Waals surface area contributed by atoms with Crippen molar-refractivity contribution >= 4 is 34.7 Å². The highest BCUT2D eigenvalue weighted by Crippen LogP contribution is 2.35. The molecule has 2 aromatic carbocycles. The Labute approximate surface area is 192 Å². The number of ether oxygens (including phenoxy) is 1. The van der Waals surface area contributed by atoms with Crippen LogP contribution in [0.15, 0.2) is 95.5 Å². The van der Waals surface area contributed by atoms with Crippen LogP contribution in [0.4, 0.5) is 5.82 Å². The third-order valence-electron chi connectivity index (χ3n) is 4.78. The summed E-state index contributed by atoms with van der Waals surface area (Å²) in [7, 11) is 0. The van der Waals surface area contributed by atoms with Gasteiger partial charge < -0.3 is 4.74 Å². The SMILES string of the molecule is C=CCN1C(=O)/C(=C/c2ccccc2OCc2ccc(C)cc2)S/C1=N/c1ccccn1. The molecule has 0 radical (unpaired) electrons. The fourth-order valence-corrected chi connectivity index (χ4v) is 4.10. The Kier molecular flexibility index (Phi) is 6.82. The van der Waals surface area contributed by atoms with Crippen molar-refractivity contribution in [2.45, 2.75) is 13.5 Å². The van der Waals surface area contributed by atoms with Crippen LogP contribution < -0.4 is 4.74 Å². The van der Waals surface area contributed by atoms with E-state index in [0.717, 1.165) is 16.9 Å². The molecule has 0 N–H and O–H groups in total. The molecule has 0 spiro atoms. The smallest absolute Gasteiger partial charge is 0.267 e. The standard InChI is InChI=1S/C26H23N3O2S/c1-3-16-29-25(30)23(32-26(29)28-24-10-6-7-15-27-24)17-21-8-4-5-9-22(21)31-18-20-13-11-19(2)12-14-20/h3-15,17H,1,16,18H2,2H3/b23-17-,28-26+. The number of aromatic nitrogens is 1. The first-order valence-electron chi connectivity index (χ1n) is 10.2. The Bertz CT molecular complexity index is 1170. The fraction of sp³-hybridized carbons (Fsp3) is 0.115. The normalized spacial score (nSPS) is 16.0. The van der Waals surface area contributed by atoms with Crippen LogP contribution in [-0.4, -0.2) is 27.5 Å². The summed E-state index contributed by atoms with van der Waals surface area (Å²) in [4.78, 5) is 24.1. The second-order valence-corrected chi connectivity index (χ2v) is 8.22. The van der Waals surface area contributed by atoms with Gasteiger partial charge >= 0.3 is 0 Å².